The Balaban J connectivity index is 1.70. The van der Waals surface area contributed by atoms with Gasteiger partial charge in [0.05, 0.1) is 48.9 Å². The number of amides is 1. The number of methoxy groups -OCH3 is 2. The van der Waals surface area contributed by atoms with Crippen LogP contribution < -0.4 is 20.3 Å². The number of carbonyl (C=O) groups excluding carboxylic acids is 2. The van der Waals surface area contributed by atoms with E-state index in [1.165, 1.54) is 14.0 Å². The summed E-state index contributed by atoms with van der Waals surface area (Å²) in [5.74, 6) is -0.0779. The standard InChI is InChI=1S/C31H31N5O4S/c1-18-16-23(19(2)35(18)26-12-7-6-10-22(26)30(38)40-5)29-28(24-11-8-9-15-32-24)34-31(41)36(29)21-13-14-27(39-4)25(17-21)33-20(3)37/h6-17,28-29H,1-5H3,(H,33,37)(H,34,41)/t28-,29-/m0/s1. The monoisotopic (exact) mass is 569 g/mol. The Bertz CT molecular complexity index is 1630. The number of pyridine rings is 1. The Hall–Kier alpha value is -4.70. The second-order valence-corrected chi connectivity index (χ2v) is 10.1. The minimum absolute atomic E-state index is 0.210. The van der Waals surface area contributed by atoms with Crippen LogP contribution in [0.4, 0.5) is 11.4 Å². The predicted molar refractivity (Wildman–Crippen MR) is 162 cm³/mol. The molecule has 0 spiro atoms. The summed E-state index contributed by atoms with van der Waals surface area (Å²) in [5.41, 5.74) is 6.23. The average molecular weight is 570 g/mol. The number of rotatable bonds is 7. The van der Waals surface area contributed by atoms with Crippen molar-refractivity contribution >= 4 is 40.6 Å². The normalized spacial score (nSPS) is 16.3. The third kappa shape index (κ3) is 5.14. The van der Waals surface area contributed by atoms with E-state index in [4.69, 9.17) is 21.7 Å². The summed E-state index contributed by atoms with van der Waals surface area (Å²) in [6, 6.07) is 20.3. The molecule has 0 aliphatic carbocycles. The van der Waals surface area contributed by atoms with Gasteiger partial charge in [0.15, 0.2) is 5.11 Å². The fourth-order valence-electron chi connectivity index (χ4n) is 5.49. The van der Waals surface area contributed by atoms with E-state index in [2.05, 4.69) is 26.3 Å². The molecule has 0 radical (unpaired) electrons. The second kappa shape index (κ2) is 11.4. The molecule has 3 heterocycles. The van der Waals surface area contributed by atoms with Crippen LogP contribution in [0.15, 0.2) is 72.9 Å². The van der Waals surface area contributed by atoms with E-state index in [0.717, 1.165) is 34.0 Å². The number of para-hydroxylation sites is 1. The third-order valence-electron chi connectivity index (χ3n) is 7.21. The van der Waals surface area contributed by atoms with Crippen LogP contribution >= 0.6 is 12.2 Å². The van der Waals surface area contributed by atoms with E-state index < -0.39 is 5.97 Å². The molecule has 1 aliphatic heterocycles. The Morgan fingerprint density at radius 1 is 1.02 bits per heavy atom. The van der Waals surface area contributed by atoms with E-state index in [-0.39, 0.29) is 18.0 Å². The number of aromatic nitrogens is 2. The molecule has 1 fully saturated rings. The summed E-state index contributed by atoms with van der Waals surface area (Å²) >= 11 is 5.92. The van der Waals surface area contributed by atoms with Gasteiger partial charge in [0.25, 0.3) is 0 Å². The summed E-state index contributed by atoms with van der Waals surface area (Å²) in [6.07, 6.45) is 1.76. The summed E-state index contributed by atoms with van der Waals surface area (Å²) in [5, 5.41) is 6.86. The minimum Gasteiger partial charge on any atom is -0.495 e. The highest BCUT2D eigenvalue weighted by Crippen LogP contribution is 2.45. The lowest BCUT2D eigenvalue weighted by atomic mass is 9.96. The molecule has 5 rings (SSSR count). The summed E-state index contributed by atoms with van der Waals surface area (Å²) in [7, 11) is 2.94. The molecular weight excluding hydrogens is 538 g/mol. The molecule has 10 heteroatoms. The molecule has 0 bridgehead atoms. The van der Waals surface area contributed by atoms with E-state index in [1.807, 2.05) is 73.3 Å². The number of aryl methyl sites for hydroxylation is 1. The van der Waals surface area contributed by atoms with Gasteiger partial charge in [0.2, 0.25) is 5.91 Å². The fraction of sp³-hybridized carbons (Fsp3) is 0.226. The molecule has 2 aromatic heterocycles. The number of hydrogen-bond donors (Lipinski definition) is 2. The maximum absolute atomic E-state index is 12.7. The summed E-state index contributed by atoms with van der Waals surface area (Å²) in [6.45, 7) is 5.49. The molecule has 4 aromatic rings. The highest BCUT2D eigenvalue weighted by Gasteiger charge is 2.42. The van der Waals surface area contributed by atoms with Crippen LogP contribution in [0, 0.1) is 13.8 Å². The topological polar surface area (TPSA) is 97.7 Å². The van der Waals surface area contributed by atoms with Crippen LogP contribution in [-0.2, 0) is 9.53 Å². The summed E-state index contributed by atoms with van der Waals surface area (Å²) < 4.78 is 12.6. The lowest BCUT2D eigenvalue weighted by Crippen LogP contribution is -2.29. The van der Waals surface area contributed by atoms with Gasteiger partial charge in [0, 0.05) is 30.2 Å². The van der Waals surface area contributed by atoms with Gasteiger partial charge >= 0.3 is 5.97 Å². The summed E-state index contributed by atoms with van der Waals surface area (Å²) in [4.78, 5) is 31.3. The molecule has 2 atom stereocenters. The van der Waals surface area contributed by atoms with E-state index in [9.17, 15) is 9.59 Å². The highest BCUT2D eigenvalue weighted by molar-refractivity contribution is 7.80. The molecule has 1 aliphatic rings. The molecule has 9 nitrogen and oxygen atoms in total. The van der Waals surface area contributed by atoms with Crippen molar-refractivity contribution in [3.8, 4) is 11.4 Å². The lowest BCUT2D eigenvalue weighted by molar-refractivity contribution is -0.114. The van der Waals surface area contributed by atoms with Gasteiger partial charge in [-0.05, 0) is 80.2 Å². The van der Waals surface area contributed by atoms with Crippen LogP contribution in [0.3, 0.4) is 0 Å². The maximum Gasteiger partial charge on any atom is 0.339 e. The number of anilines is 2. The van der Waals surface area contributed by atoms with Crippen LogP contribution in [0.5, 0.6) is 5.75 Å². The number of thiocarbonyl (C=S) groups is 1. The zero-order chi connectivity index (χ0) is 29.3. The smallest absolute Gasteiger partial charge is 0.339 e. The Morgan fingerprint density at radius 3 is 2.46 bits per heavy atom. The number of nitrogens with one attached hydrogen (secondary N) is 2. The van der Waals surface area contributed by atoms with Gasteiger partial charge < -0.3 is 29.6 Å². The maximum atomic E-state index is 12.7. The number of hydrogen-bond acceptors (Lipinski definition) is 6. The molecular formula is C31H31N5O4S. The van der Waals surface area contributed by atoms with Crippen molar-refractivity contribution in [3.63, 3.8) is 0 Å². The molecule has 1 saturated heterocycles. The van der Waals surface area contributed by atoms with Crippen molar-refractivity contribution in [1.29, 1.82) is 0 Å². The Labute approximate surface area is 244 Å². The van der Waals surface area contributed by atoms with Gasteiger partial charge in [-0.15, -0.1) is 0 Å². The third-order valence-corrected chi connectivity index (χ3v) is 7.52. The van der Waals surface area contributed by atoms with Crippen LogP contribution in [-0.4, -0.2) is 40.8 Å². The first-order valence-corrected chi connectivity index (χ1v) is 13.5. The zero-order valence-electron chi connectivity index (χ0n) is 23.5. The largest absolute Gasteiger partial charge is 0.495 e. The van der Waals surface area contributed by atoms with Crippen molar-refractivity contribution in [1.82, 2.24) is 14.9 Å². The van der Waals surface area contributed by atoms with Gasteiger partial charge in [-0.2, -0.15) is 0 Å². The Kier molecular flexibility index (Phi) is 7.76. The average Bonchev–Trinajstić information content (AvgIpc) is 3.47. The minimum atomic E-state index is -0.407. The fourth-order valence-corrected chi connectivity index (χ4v) is 5.84. The van der Waals surface area contributed by atoms with E-state index in [1.54, 1.807) is 19.4 Å². The Morgan fingerprint density at radius 2 is 1.78 bits per heavy atom. The molecule has 2 aromatic carbocycles. The SMILES string of the molecule is COC(=O)c1ccccc1-n1c(C)cc([C@H]2[C@H](c3ccccn3)NC(=S)N2c2ccc(OC)c(NC(C)=O)c2)c1C. The highest BCUT2D eigenvalue weighted by atomic mass is 32.1. The molecule has 41 heavy (non-hydrogen) atoms. The number of ether oxygens (including phenoxy) is 2. The zero-order valence-corrected chi connectivity index (χ0v) is 24.3. The first-order chi connectivity index (χ1) is 19.7. The number of esters is 1. The molecule has 0 saturated carbocycles. The van der Waals surface area contributed by atoms with E-state index >= 15 is 0 Å². The van der Waals surface area contributed by atoms with Crippen molar-refractivity contribution in [2.45, 2.75) is 32.9 Å². The molecule has 210 valence electrons. The van der Waals surface area contributed by atoms with Gasteiger partial charge in [0.1, 0.15) is 5.75 Å². The predicted octanol–water partition coefficient (Wildman–Crippen LogP) is 5.42. The number of benzene rings is 2. The van der Waals surface area contributed by atoms with Crippen molar-refractivity contribution in [3.05, 3.63) is 101 Å². The molecule has 1 amide bonds. The van der Waals surface area contributed by atoms with E-state index in [0.29, 0.717) is 22.1 Å². The number of nitrogens with zero attached hydrogens (tertiary/aromatic N) is 3. The quantitative estimate of drug-likeness (QED) is 0.225. The first-order valence-electron chi connectivity index (χ1n) is 13.1. The van der Waals surface area contributed by atoms with Crippen molar-refractivity contribution < 1.29 is 19.1 Å². The first kappa shape index (κ1) is 27.9. The van der Waals surface area contributed by atoms with Crippen LogP contribution in [0.25, 0.3) is 5.69 Å². The molecule has 0 unspecified atom stereocenters. The van der Waals surface area contributed by atoms with Crippen LogP contribution in [0.2, 0.25) is 0 Å². The van der Waals surface area contributed by atoms with Crippen LogP contribution in [0.1, 0.15) is 52.0 Å². The number of carbonyl (C=O) groups is 2. The van der Waals surface area contributed by atoms with Gasteiger partial charge in [-0.3, -0.25) is 9.78 Å². The van der Waals surface area contributed by atoms with Crippen molar-refractivity contribution in [2.24, 2.45) is 0 Å². The second-order valence-electron chi connectivity index (χ2n) is 9.73. The van der Waals surface area contributed by atoms with Gasteiger partial charge in [-0.1, -0.05) is 18.2 Å². The molecule has 2 N–H and O–H groups in total. The van der Waals surface area contributed by atoms with Gasteiger partial charge in [-0.25, -0.2) is 4.79 Å². The van der Waals surface area contributed by atoms with Crippen molar-refractivity contribution in [2.75, 3.05) is 24.4 Å². The lowest BCUT2D eigenvalue weighted by Gasteiger charge is -2.29.